The van der Waals surface area contributed by atoms with Gasteiger partial charge in [0.05, 0.1) is 25.1 Å². The lowest BCUT2D eigenvalue weighted by molar-refractivity contribution is -0.138. The van der Waals surface area contributed by atoms with Gasteiger partial charge >= 0.3 is 5.97 Å². The van der Waals surface area contributed by atoms with E-state index in [1.165, 1.54) is 11.9 Å². The number of amides is 2. The van der Waals surface area contributed by atoms with Crippen molar-refractivity contribution in [2.45, 2.75) is 52.5 Å². The van der Waals surface area contributed by atoms with Gasteiger partial charge < -0.3 is 25.0 Å². The number of Topliss-reactive ketones (excluding diaryl/α,β-unsaturated/α-hetero) is 1. The van der Waals surface area contributed by atoms with Crippen molar-refractivity contribution in [1.29, 1.82) is 5.41 Å². The van der Waals surface area contributed by atoms with Gasteiger partial charge in [0.25, 0.3) is 5.91 Å². The minimum Gasteiger partial charge on any atom is -0.493 e. The van der Waals surface area contributed by atoms with E-state index in [2.05, 4.69) is 5.32 Å². The number of carbonyl (C=O) groups excluding carboxylic acids is 3. The van der Waals surface area contributed by atoms with Crippen molar-refractivity contribution in [3.63, 3.8) is 0 Å². The number of fused-ring (bicyclic) bond motifs is 1. The number of nitrogens with zero attached hydrogens (tertiary/aromatic N) is 2. The van der Waals surface area contributed by atoms with Crippen molar-refractivity contribution in [2.75, 3.05) is 32.1 Å². The van der Waals surface area contributed by atoms with E-state index in [9.17, 15) is 19.2 Å². The quantitative estimate of drug-likeness (QED) is 0.394. The normalized spacial score (nSPS) is 12.7. The van der Waals surface area contributed by atoms with Gasteiger partial charge in [-0.1, -0.05) is 20.8 Å². The molecule has 0 saturated carbocycles. The molecule has 10 nitrogen and oxygen atoms in total. The highest BCUT2D eigenvalue weighted by atomic mass is 16.5. The minimum absolute atomic E-state index is 0.0386. The summed E-state index contributed by atoms with van der Waals surface area (Å²) in [5.41, 5.74) is 3.14. The van der Waals surface area contributed by atoms with Crippen molar-refractivity contribution in [1.82, 2.24) is 10.2 Å². The van der Waals surface area contributed by atoms with Crippen LogP contribution < -0.4 is 15.0 Å². The zero-order chi connectivity index (χ0) is 29.1. The van der Waals surface area contributed by atoms with Crippen molar-refractivity contribution in [3.05, 3.63) is 58.1 Å². The summed E-state index contributed by atoms with van der Waals surface area (Å²) in [5, 5.41) is 20.2. The van der Waals surface area contributed by atoms with E-state index in [1.54, 1.807) is 42.3 Å². The molecular formula is C29H36N4O6. The van der Waals surface area contributed by atoms with Crippen LogP contribution in [-0.4, -0.2) is 66.7 Å². The van der Waals surface area contributed by atoms with E-state index in [-0.39, 0.29) is 42.8 Å². The maximum atomic E-state index is 13.4. The molecule has 0 bridgehead atoms. The average molecular weight is 537 g/mol. The Kier molecular flexibility index (Phi) is 8.78. The molecule has 0 aromatic heterocycles. The van der Waals surface area contributed by atoms with Gasteiger partial charge in [0.2, 0.25) is 5.91 Å². The van der Waals surface area contributed by atoms with Crippen LogP contribution in [0.3, 0.4) is 0 Å². The zero-order valence-corrected chi connectivity index (χ0v) is 23.3. The first kappa shape index (κ1) is 29.3. The third kappa shape index (κ3) is 6.45. The second kappa shape index (κ2) is 11.7. The number of carboxylic acids is 1. The van der Waals surface area contributed by atoms with Gasteiger partial charge in [-0.05, 0) is 53.8 Å². The van der Waals surface area contributed by atoms with Crippen LogP contribution in [0.15, 0.2) is 30.3 Å². The lowest BCUT2D eigenvalue weighted by Gasteiger charge is -2.28. The highest BCUT2D eigenvalue weighted by Crippen LogP contribution is 2.34. The number of anilines is 1. The van der Waals surface area contributed by atoms with Crippen molar-refractivity contribution < 1.29 is 29.0 Å². The molecule has 0 fully saturated rings. The Morgan fingerprint density at radius 3 is 2.41 bits per heavy atom. The molecule has 3 rings (SSSR count). The summed E-state index contributed by atoms with van der Waals surface area (Å²) < 4.78 is 5.65. The van der Waals surface area contributed by atoms with E-state index < -0.39 is 11.4 Å². The summed E-state index contributed by atoms with van der Waals surface area (Å²) in [5.74, 6) is -1.28. The van der Waals surface area contributed by atoms with Crippen LogP contribution in [-0.2, 0) is 21.5 Å². The lowest BCUT2D eigenvalue weighted by atomic mass is 9.84. The van der Waals surface area contributed by atoms with Crippen molar-refractivity contribution >= 4 is 35.1 Å². The smallest absolute Gasteiger partial charge is 0.303 e. The third-order valence-corrected chi connectivity index (χ3v) is 6.66. The first-order chi connectivity index (χ1) is 18.3. The summed E-state index contributed by atoms with van der Waals surface area (Å²) in [6.45, 7) is 8.43. The van der Waals surface area contributed by atoms with Crippen molar-refractivity contribution in [3.8, 4) is 5.75 Å². The van der Waals surface area contributed by atoms with E-state index in [0.717, 1.165) is 11.1 Å². The second-order valence-electron chi connectivity index (χ2n) is 10.5. The molecule has 0 radical (unpaired) electrons. The number of aliphatic carboxylic acids is 1. The predicted molar refractivity (Wildman–Crippen MR) is 148 cm³/mol. The maximum Gasteiger partial charge on any atom is 0.303 e. The molecule has 2 amide bonds. The summed E-state index contributed by atoms with van der Waals surface area (Å²) in [6, 6.07) is 8.52. The monoisotopic (exact) mass is 536 g/mol. The molecule has 2 aromatic rings. The van der Waals surface area contributed by atoms with E-state index >= 15 is 0 Å². The Morgan fingerprint density at radius 2 is 1.82 bits per heavy atom. The molecular weight excluding hydrogens is 500 g/mol. The summed E-state index contributed by atoms with van der Waals surface area (Å²) in [7, 11) is 3.13. The lowest BCUT2D eigenvalue weighted by Crippen LogP contribution is -2.31. The highest BCUT2D eigenvalue weighted by molar-refractivity contribution is 6.08. The van der Waals surface area contributed by atoms with E-state index in [4.69, 9.17) is 15.3 Å². The molecule has 10 heteroatoms. The topological polar surface area (TPSA) is 140 Å². The average Bonchev–Trinajstić information content (AvgIpc) is 3.18. The SMILES string of the molecule is CCOc1cc2c(cc1C(=O)NC)C(=N)N(CC(=O)c1ccc(N(C)C(=O)CCC(=O)O)c(C(C)(C)C)c1)C2. The Labute approximate surface area is 228 Å². The van der Waals surface area contributed by atoms with Gasteiger partial charge in [-0.2, -0.15) is 0 Å². The zero-order valence-electron chi connectivity index (χ0n) is 23.3. The van der Waals surface area contributed by atoms with E-state index in [1.807, 2.05) is 27.7 Å². The molecule has 0 aliphatic carbocycles. The molecule has 39 heavy (non-hydrogen) atoms. The number of amidine groups is 1. The number of carboxylic acid groups (broad SMARTS) is 1. The highest BCUT2D eigenvalue weighted by Gasteiger charge is 2.30. The molecule has 0 atom stereocenters. The van der Waals surface area contributed by atoms with Crippen LogP contribution in [0.2, 0.25) is 0 Å². The molecule has 3 N–H and O–H groups in total. The minimum atomic E-state index is -1.04. The summed E-state index contributed by atoms with van der Waals surface area (Å²) in [6.07, 6.45) is -0.383. The largest absolute Gasteiger partial charge is 0.493 e. The molecule has 0 unspecified atom stereocenters. The third-order valence-electron chi connectivity index (χ3n) is 6.66. The molecule has 1 aliphatic rings. The van der Waals surface area contributed by atoms with Crippen LogP contribution in [0.4, 0.5) is 5.69 Å². The molecule has 1 heterocycles. The first-order valence-corrected chi connectivity index (χ1v) is 12.8. The van der Waals surface area contributed by atoms with Crippen molar-refractivity contribution in [2.24, 2.45) is 0 Å². The molecule has 2 aromatic carbocycles. The number of ketones is 1. The summed E-state index contributed by atoms with van der Waals surface area (Å²) in [4.78, 5) is 52.4. The Balaban J connectivity index is 1.86. The first-order valence-electron chi connectivity index (χ1n) is 12.8. The molecule has 1 aliphatic heterocycles. The van der Waals surface area contributed by atoms with Crippen LogP contribution in [0.1, 0.15) is 77.9 Å². The van der Waals surface area contributed by atoms with Gasteiger partial charge in [-0.3, -0.25) is 24.6 Å². The second-order valence-corrected chi connectivity index (χ2v) is 10.5. The van der Waals surface area contributed by atoms with Crippen LogP contribution in [0, 0.1) is 5.41 Å². The standard InChI is InChI=1S/C29H36N4O6/c1-7-39-24-13-18-15-33(27(30)19(18)14-20(24)28(38)31-5)16-23(34)17-8-9-22(21(12-17)29(2,3)4)32(6)25(35)10-11-26(36)37/h8-9,12-14,30H,7,10-11,15-16H2,1-6H3,(H,31,38)(H,36,37). The van der Waals surface area contributed by atoms with Crippen LogP contribution >= 0.6 is 0 Å². The number of nitrogens with one attached hydrogen (secondary N) is 2. The maximum absolute atomic E-state index is 13.4. The number of rotatable bonds is 10. The molecule has 0 saturated heterocycles. The Morgan fingerprint density at radius 1 is 1.13 bits per heavy atom. The number of hydrogen-bond donors (Lipinski definition) is 3. The number of ether oxygens (including phenoxy) is 1. The fraction of sp³-hybridized carbons (Fsp3) is 0.414. The number of hydrogen-bond acceptors (Lipinski definition) is 6. The fourth-order valence-corrected chi connectivity index (χ4v) is 4.53. The molecule has 208 valence electrons. The van der Waals surface area contributed by atoms with E-state index in [0.29, 0.717) is 41.3 Å². The predicted octanol–water partition coefficient (Wildman–Crippen LogP) is 3.59. The number of carbonyl (C=O) groups is 4. The summed E-state index contributed by atoms with van der Waals surface area (Å²) >= 11 is 0. The number of benzene rings is 2. The van der Waals surface area contributed by atoms with Crippen LogP contribution in [0.5, 0.6) is 5.75 Å². The Hall–Kier alpha value is -4.21. The van der Waals surface area contributed by atoms with Gasteiger partial charge in [-0.25, -0.2) is 0 Å². The van der Waals surface area contributed by atoms with Gasteiger partial charge in [0, 0.05) is 43.9 Å². The van der Waals surface area contributed by atoms with Gasteiger partial charge in [-0.15, -0.1) is 0 Å². The molecule has 0 spiro atoms. The van der Waals surface area contributed by atoms with Crippen LogP contribution in [0.25, 0.3) is 0 Å². The Bertz CT molecular complexity index is 1330. The van der Waals surface area contributed by atoms with Gasteiger partial charge in [0.15, 0.2) is 5.78 Å². The fourth-order valence-electron chi connectivity index (χ4n) is 4.53. The van der Waals surface area contributed by atoms with Gasteiger partial charge in [0.1, 0.15) is 11.6 Å².